The lowest BCUT2D eigenvalue weighted by molar-refractivity contribution is -0.359. The molecular weight excluding hydrogens is 1210 g/mol. The highest BCUT2D eigenvalue weighted by Gasteiger charge is 2.51. The van der Waals surface area contributed by atoms with E-state index in [0.29, 0.717) is 12.8 Å². The van der Waals surface area contributed by atoms with Gasteiger partial charge < -0.3 is 65.1 Å². The maximum Gasteiger partial charge on any atom is 0.220 e. The maximum atomic E-state index is 13.4. The lowest BCUT2D eigenvalue weighted by atomic mass is 9.97. The van der Waals surface area contributed by atoms with E-state index in [4.69, 9.17) is 18.9 Å². The first kappa shape index (κ1) is 89.8. The third kappa shape index (κ3) is 48.5. The summed E-state index contributed by atoms with van der Waals surface area (Å²) in [4.78, 5) is 13.4. The number of aliphatic hydroxyl groups excluding tert-OH is 8. The Kier molecular flexibility index (Phi) is 61.7. The van der Waals surface area contributed by atoms with Crippen molar-refractivity contribution in [2.24, 2.45) is 0 Å². The molecule has 2 heterocycles. The molecule has 14 heteroatoms. The zero-order chi connectivity index (χ0) is 69.4. The molecule has 0 saturated carbocycles. The molecular formula is C82H151NO13. The first-order valence-corrected chi connectivity index (χ1v) is 40.5. The van der Waals surface area contributed by atoms with Crippen LogP contribution in [0.3, 0.4) is 0 Å². The van der Waals surface area contributed by atoms with Crippen molar-refractivity contribution in [2.75, 3.05) is 19.8 Å². The Morgan fingerprint density at radius 1 is 0.375 bits per heavy atom. The predicted octanol–water partition coefficient (Wildman–Crippen LogP) is 18.4. The average Bonchev–Trinajstić information content (AvgIpc) is 0.797. The summed E-state index contributed by atoms with van der Waals surface area (Å²) in [5, 5.41) is 87.7. The lowest BCUT2D eigenvalue weighted by Gasteiger charge is -2.46. The molecule has 1 amide bonds. The van der Waals surface area contributed by atoms with Gasteiger partial charge in [-0.25, -0.2) is 0 Å². The van der Waals surface area contributed by atoms with Crippen LogP contribution in [-0.2, 0) is 23.7 Å². The van der Waals surface area contributed by atoms with Crippen molar-refractivity contribution in [3.63, 3.8) is 0 Å². The second kappa shape index (κ2) is 66.0. The van der Waals surface area contributed by atoms with Crippen LogP contribution in [0.2, 0.25) is 0 Å². The minimum absolute atomic E-state index is 0.243. The normalized spacial score (nSPS) is 22.5. The molecule has 14 nitrogen and oxygen atoms in total. The van der Waals surface area contributed by atoms with E-state index in [1.54, 1.807) is 6.08 Å². The summed E-state index contributed by atoms with van der Waals surface area (Å²) in [6.07, 6.45) is 73.1. The van der Waals surface area contributed by atoms with Crippen molar-refractivity contribution in [3.05, 3.63) is 60.8 Å². The van der Waals surface area contributed by atoms with Crippen molar-refractivity contribution < 1.29 is 64.6 Å². The SMILES string of the molecule is CCCCCCC/C=C\C/C=C\C/C=C\CCCCCCCCCCCCCCCCCCCCCCC(=O)NC(COC1OC(CO)C(OC2OC(CO)C(O)C(O)C2O)C(O)C1O)C(O)/C=C/CC/C=C/CCCCCCCCCCCCCCCCCCCCCCC. The molecule has 12 unspecified atom stereocenters. The molecule has 0 aromatic carbocycles. The van der Waals surface area contributed by atoms with E-state index in [-0.39, 0.29) is 18.9 Å². The summed E-state index contributed by atoms with van der Waals surface area (Å²) in [6.45, 7) is 2.82. The van der Waals surface area contributed by atoms with Gasteiger partial charge >= 0.3 is 0 Å². The van der Waals surface area contributed by atoms with Crippen molar-refractivity contribution in [1.29, 1.82) is 0 Å². The number of aliphatic hydroxyl groups is 8. The average molecular weight is 1360 g/mol. The van der Waals surface area contributed by atoms with Gasteiger partial charge in [-0.3, -0.25) is 4.79 Å². The number of nitrogens with one attached hydrogen (secondary N) is 1. The summed E-state index contributed by atoms with van der Waals surface area (Å²) in [5.41, 5.74) is 0. The molecule has 2 saturated heterocycles. The number of hydrogen-bond acceptors (Lipinski definition) is 13. The van der Waals surface area contributed by atoms with Gasteiger partial charge in [-0.15, -0.1) is 0 Å². The number of carbonyl (C=O) groups is 1. The predicted molar refractivity (Wildman–Crippen MR) is 397 cm³/mol. The Bertz CT molecular complexity index is 1840. The smallest absolute Gasteiger partial charge is 0.220 e. The molecule has 2 aliphatic rings. The molecule has 9 N–H and O–H groups in total. The number of hydrogen-bond donors (Lipinski definition) is 9. The Hall–Kier alpha value is -2.31. The van der Waals surface area contributed by atoms with Crippen LogP contribution >= 0.6 is 0 Å². The van der Waals surface area contributed by atoms with Gasteiger partial charge in [0.2, 0.25) is 5.91 Å². The zero-order valence-electron chi connectivity index (χ0n) is 61.6. The Morgan fingerprint density at radius 2 is 0.698 bits per heavy atom. The first-order valence-electron chi connectivity index (χ1n) is 40.5. The molecule has 12 atom stereocenters. The van der Waals surface area contributed by atoms with Crippen LogP contribution in [-0.4, -0.2) is 140 Å². The monoisotopic (exact) mass is 1360 g/mol. The lowest BCUT2D eigenvalue weighted by Crippen LogP contribution is -2.65. The molecule has 562 valence electrons. The molecule has 0 spiro atoms. The number of carbonyl (C=O) groups excluding carboxylic acids is 1. The highest BCUT2D eigenvalue weighted by Crippen LogP contribution is 2.30. The van der Waals surface area contributed by atoms with Gasteiger partial charge in [-0.1, -0.05) is 344 Å². The molecule has 0 radical (unpaired) electrons. The summed E-state index contributed by atoms with van der Waals surface area (Å²) in [5.74, 6) is -0.243. The van der Waals surface area contributed by atoms with Crippen LogP contribution in [0.4, 0.5) is 0 Å². The topological polar surface area (TPSA) is 228 Å². The van der Waals surface area contributed by atoms with Crippen LogP contribution in [0, 0.1) is 0 Å². The van der Waals surface area contributed by atoms with Crippen molar-refractivity contribution in [2.45, 2.75) is 434 Å². The second-order valence-electron chi connectivity index (χ2n) is 28.5. The van der Waals surface area contributed by atoms with Crippen LogP contribution < -0.4 is 5.32 Å². The standard InChI is InChI=1S/C82H151NO13/c1-3-5-7-9-11-13-15-17-19-21-23-25-27-29-31-32-33-34-35-36-37-38-40-42-44-46-48-50-52-54-56-58-60-62-64-66-74(87)83-70(69-93-81-79(92)77(90)80(73(68-85)95-81)96-82-78(91)76(89)75(88)72(67-84)94-82)71(86)65-63-61-59-57-55-53-51-49-47-45-43-41-39-30-28-26-24-22-20-18-16-14-12-10-8-6-4-2/h15,17,21,23,27,29,55,57,63,65,70-73,75-82,84-86,88-92H,3-14,16,18-20,22,24-26,28,30-54,56,58-62,64,66-69H2,1-2H3,(H,83,87)/b17-15-,23-21-,29-27-,57-55+,65-63+. The van der Waals surface area contributed by atoms with Crippen molar-refractivity contribution in [3.8, 4) is 0 Å². The van der Waals surface area contributed by atoms with Gasteiger partial charge in [0.25, 0.3) is 0 Å². The van der Waals surface area contributed by atoms with E-state index >= 15 is 0 Å². The molecule has 96 heavy (non-hydrogen) atoms. The highest BCUT2D eigenvalue weighted by atomic mass is 16.7. The Morgan fingerprint density at radius 3 is 1.09 bits per heavy atom. The molecule has 2 fully saturated rings. The van der Waals surface area contributed by atoms with Crippen LogP contribution in [0.5, 0.6) is 0 Å². The van der Waals surface area contributed by atoms with Crippen LogP contribution in [0.25, 0.3) is 0 Å². The zero-order valence-corrected chi connectivity index (χ0v) is 61.6. The fraction of sp³-hybridized carbons (Fsp3) is 0.866. The molecule has 2 rings (SSSR count). The van der Waals surface area contributed by atoms with Crippen LogP contribution in [0.15, 0.2) is 60.8 Å². The Balaban J connectivity index is 1.62. The van der Waals surface area contributed by atoms with Gasteiger partial charge in [0.05, 0.1) is 32.0 Å². The number of ether oxygens (including phenoxy) is 4. The van der Waals surface area contributed by atoms with Gasteiger partial charge in [0.1, 0.15) is 48.8 Å². The number of unbranched alkanes of at least 4 members (excludes halogenated alkanes) is 47. The third-order valence-corrected chi connectivity index (χ3v) is 19.7. The summed E-state index contributed by atoms with van der Waals surface area (Å²) in [7, 11) is 0. The fourth-order valence-corrected chi connectivity index (χ4v) is 13.3. The molecule has 0 aromatic rings. The molecule has 0 bridgehead atoms. The minimum atomic E-state index is -1.79. The van der Waals surface area contributed by atoms with Crippen molar-refractivity contribution in [1.82, 2.24) is 5.32 Å². The number of amides is 1. The van der Waals surface area contributed by atoms with Gasteiger partial charge in [0, 0.05) is 6.42 Å². The minimum Gasteiger partial charge on any atom is -0.394 e. The van der Waals surface area contributed by atoms with E-state index in [9.17, 15) is 45.6 Å². The molecule has 2 aliphatic heterocycles. The van der Waals surface area contributed by atoms with E-state index in [0.717, 1.165) is 44.9 Å². The van der Waals surface area contributed by atoms with Crippen LogP contribution in [0.1, 0.15) is 361 Å². The summed E-state index contributed by atoms with van der Waals surface area (Å²) in [6, 6.07) is -0.934. The molecule has 0 aromatic heterocycles. The van der Waals surface area contributed by atoms with Crippen molar-refractivity contribution >= 4 is 5.91 Å². The molecule has 0 aliphatic carbocycles. The van der Waals surface area contributed by atoms with E-state index in [2.05, 4.69) is 67.8 Å². The summed E-state index contributed by atoms with van der Waals surface area (Å²) >= 11 is 0. The van der Waals surface area contributed by atoms with E-state index in [1.165, 1.54) is 283 Å². The van der Waals surface area contributed by atoms with Gasteiger partial charge in [0.15, 0.2) is 12.6 Å². The van der Waals surface area contributed by atoms with Gasteiger partial charge in [-0.2, -0.15) is 0 Å². The quantitative estimate of drug-likeness (QED) is 0.0204. The van der Waals surface area contributed by atoms with E-state index < -0.39 is 86.8 Å². The fourth-order valence-electron chi connectivity index (χ4n) is 13.3. The number of rotatable bonds is 68. The third-order valence-electron chi connectivity index (χ3n) is 19.7. The summed E-state index contributed by atoms with van der Waals surface area (Å²) < 4.78 is 22.9. The highest BCUT2D eigenvalue weighted by molar-refractivity contribution is 5.76. The van der Waals surface area contributed by atoms with Gasteiger partial charge in [-0.05, 0) is 70.6 Å². The first-order chi connectivity index (χ1) is 47.1. The largest absolute Gasteiger partial charge is 0.394 e. The maximum absolute atomic E-state index is 13.4. The number of allylic oxidation sites excluding steroid dienone is 9. The second-order valence-corrected chi connectivity index (χ2v) is 28.5. The Labute approximate surface area is 587 Å². The van der Waals surface area contributed by atoms with E-state index in [1.807, 2.05) is 6.08 Å².